The zero-order valence-electron chi connectivity index (χ0n) is 19.0. The van der Waals surface area contributed by atoms with Gasteiger partial charge in [0.25, 0.3) is 0 Å². The Morgan fingerprint density at radius 1 is 1.23 bits per heavy atom. The van der Waals surface area contributed by atoms with Crippen molar-refractivity contribution in [2.45, 2.75) is 32.9 Å². The Morgan fingerprint density at radius 3 is 2.65 bits per heavy atom. The number of nitrogens with one attached hydrogen (secondary N) is 2. The van der Waals surface area contributed by atoms with Crippen LogP contribution < -0.4 is 15.4 Å². The molecular weight excluding hydrogens is 392 g/mol. The van der Waals surface area contributed by atoms with Crippen LogP contribution in [-0.2, 0) is 11.3 Å². The summed E-state index contributed by atoms with van der Waals surface area (Å²) < 4.78 is 12.9. The van der Waals surface area contributed by atoms with E-state index in [4.69, 9.17) is 14.5 Å². The maximum Gasteiger partial charge on any atom is 0.191 e. The topological polar surface area (TPSA) is 75.9 Å². The van der Waals surface area contributed by atoms with Gasteiger partial charge in [0.15, 0.2) is 5.96 Å². The smallest absolute Gasteiger partial charge is 0.191 e. The number of aryl methyl sites for hydroxylation is 2. The first kappa shape index (κ1) is 23.1. The maximum absolute atomic E-state index is 5.56. The van der Waals surface area contributed by atoms with Crippen LogP contribution in [0.25, 0.3) is 0 Å². The summed E-state index contributed by atoms with van der Waals surface area (Å²) in [5, 5.41) is 11.2. The van der Waals surface area contributed by atoms with E-state index in [2.05, 4.69) is 52.8 Å². The highest BCUT2D eigenvalue weighted by Gasteiger charge is 2.22. The van der Waals surface area contributed by atoms with Gasteiger partial charge in [0.2, 0.25) is 0 Å². The molecule has 1 atom stereocenters. The molecule has 0 radical (unpaired) electrons. The number of nitrogens with zero attached hydrogens (tertiary/aromatic N) is 4. The number of hydrogen-bond donors (Lipinski definition) is 2. The Kier molecular flexibility index (Phi) is 9.17. The minimum atomic E-state index is 0.206. The number of rotatable bonds is 10. The van der Waals surface area contributed by atoms with Crippen LogP contribution in [0.15, 0.2) is 41.7 Å². The van der Waals surface area contributed by atoms with Gasteiger partial charge in [-0.3, -0.25) is 14.6 Å². The lowest BCUT2D eigenvalue weighted by Crippen LogP contribution is -2.42. The molecule has 1 aromatic heterocycles. The van der Waals surface area contributed by atoms with Gasteiger partial charge in [-0.2, -0.15) is 5.10 Å². The van der Waals surface area contributed by atoms with E-state index in [1.165, 1.54) is 11.1 Å². The molecule has 2 aromatic rings. The highest BCUT2D eigenvalue weighted by atomic mass is 16.5. The fourth-order valence-corrected chi connectivity index (χ4v) is 3.70. The molecule has 1 aliphatic heterocycles. The number of ether oxygens (including phenoxy) is 2. The molecule has 8 heteroatoms. The van der Waals surface area contributed by atoms with Gasteiger partial charge in [0.05, 0.1) is 39.1 Å². The SMILES string of the molecule is CCNC(=NCC(c1ccc(OC)cc1)N1CCOCC1)NCCCn1cc(C)cn1. The summed E-state index contributed by atoms with van der Waals surface area (Å²) in [6.07, 6.45) is 4.95. The van der Waals surface area contributed by atoms with Crippen LogP contribution in [0.5, 0.6) is 5.75 Å². The minimum Gasteiger partial charge on any atom is -0.497 e. The molecule has 0 amide bonds. The summed E-state index contributed by atoms with van der Waals surface area (Å²) in [5.41, 5.74) is 2.44. The molecule has 1 aliphatic rings. The zero-order valence-corrected chi connectivity index (χ0v) is 19.0. The Hall–Kier alpha value is -2.58. The lowest BCUT2D eigenvalue weighted by atomic mass is 10.0. The van der Waals surface area contributed by atoms with E-state index >= 15 is 0 Å². The second-order valence-electron chi connectivity index (χ2n) is 7.72. The average molecular weight is 429 g/mol. The van der Waals surface area contributed by atoms with Crippen LogP contribution >= 0.6 is 0 Å². The van der Waals surface area contributed by atoms with Crippen molar-refractivity contribution in [1.82, 2.24) is 25.3 Å². The molecule has 1 unspecified atom stereocenters. The van der Waals surface area contributed by atoms with Crippen LogP contribution in [0.2, 0.25) is 0 Å². The molecule has 2 N–H and O–H groups in total. The van der Waals surface area contributed by atoms with Gasteiger partial charge in [0, 0.05) is 38.9 Å². The second-order valence-corrected chi connectivity index (χ2v) is 7.72. The maximum atomic E-state index is 5.56. The Labute approximate surface area is 185 Å². The van der Waals surface area contributed by atoms with Crippen molar-refractivity contribution in [3.05, 3.63) is 47.8 Å². The number of aromatic nitrogens is 2. The lowest BCUT2D eigenvalue weighted by Gasteiger charge is -2.34. The summed E-state index contributed by atoms with van der Waals surface area (Å²) in [6, 6.07) is 8.53. The summed E-state index contributed by atoms with van der Waals surface area (Å²) in [7, 11) is 1.70. The largest absolute Gasteiger partial charge is 0.497 e. The molecule has 31 heavy (non-hydrogen) atoms. The van der Waals surface area contributed by atoms with E-state index in [9.17, 15) is 0 Å². The molecule has 1 fully saturated rings. The quantitative estimate of drug-likeness (QED) is 0.343. The average Bonchev–Trinajstić information content (AvgIpc) is 3.22. The highest BCUT2D eigenvalue weighted by molar-refractivity contribution is 5.79. The molecule has 0 aliphatic carbocycles. The molecular formula is C23H36N6O2. The second kappa shape index (κ2) is 12.3. The standard InChI is InChI=1S/C23H36N6O2/c1-4-24-23(25-10-5-11-29-18-19(2)16-27-29)26-17-22(28-12-14-31-15-13-28)20-6-8-21(30-3)9-7-20/h6-9,16,18,22H,4-5,10-15,17H2,1-3H3,(H2,24,25,26). The predicted molar refractivity (Wildman–Crippen MR) is 124 cm³/mol. The number of guanidine groups is 1. The van der Waals surface area contributed by atoms with E-state index < -0.39 is 0 Å². The molecule has 8 nitrogen and oxygen atoms in total. The van der Waals surface area contributed by atoms with Crippen LogP contribution in [0.4, 0.5) is 0 Å². The van der Waals surface area contributed by atoms with Crippen LogP contribution in [0, 0.1) is 6.92 Å². The molecule has 2 heterocycles. The molecule has 170 valence electrons. The third kappa shape index (κ3) is 7.25. The van der Waals surface area contributed by atoms with E-state index in [0.717, 1.165) is 64.1 Å². The normalized spacial score (nSPS) is 16.2. The van der Waals surface area contributed by atoms with Gasteiger partial charge >= 0.3 is 0 Å². The number of morpholine rings is 1. The zero-order chi connectivity index (χ0) is 21.9. The molecule has 0 saturated carbocycles. The summed E-state index contributed by atoms with van der Waals surface area (Å²) in [6.45, 7) is 10.8. The van der Waals surface area contributed by atoms with Crippen molar-refractivity contribution in [2.24, 2.45) is 4.99 Å². The van der Waals surface area contributed by atoms with Crippen molar-refractivity contribution >= 4 is 5.96 Å². The third-order valence-corrected chi connectivity index (χ3v) is 5.37. The summed E-state index contributed by atoms with van der Waals surface area (Å²) in [4.78, 5) is 7.37. The van der Waals surface area contributed by atoms with Crippen molar-refractivity contribution in [1.29, 1.82) is 0 Å². The van der Waals surface area contributed by atoms with Gasteiger partial charge in [-0.1, -0.05) is 12.1 Å². The monoisotopic (exact) mass is 428 g/mol. The molecule has 0 spiro atoms. The van der Waals surface area contributed by atoms with Gasteiger partial charge in [-0.15, -0.1) is 0 Å². The number of aliphatic imine (C=N–C) groups is 1. The first-order valence-corrected chi connectivity index (χ1v) is 11.2. The van der Waals surface area contributed by atoms with Crippen LogP contribution in [0.1, 0.15) is 30.5 Å². The minimum absolute atomic E-state index is 0.206. The fourth-order valence-electron chi connectivity index (χ4n) is 3.70. The van der Waals surface area contributed by atoms with E-state index in [1.807, 2.05) is 23.0 Å². The third-order valence-electron chi connectivity index (χ3n) is 5.37. The fraction of sp³-hybridized carbons (Fsp3) is 0.565. The van der Waals surface area contributed by atoms with Crippen LogP contribution in [0.3, 0.4) is 0 Å². The van der Waals surface area contributed by atoms with Crippen molar-refractivity contribution in [3.63, 3.8) is 0 Å². The summed E-state index contributed by atoms with van der Waals surface area (Å²) >= 11 is 0. The van der Waals surface area contributed by atoms with Crippen molar-refractivity contribution in [2.75, 3.05) is 53.0 Å². The van der Waals surface area contributed by atoms with Crippen LogP contribution in [-0.4, -0.2) is 73.7 Å². The highest BCUT2D eigenvalue weighted by Crippen LogP contribution is 2.24. The van der Waals surface area contributed by atoms with E-state index in [-0.39, 0.29) is 6.04 Å². The number of benzene rings is 1. The molecule has 0 bridgehead atoms. The van der Waals surface area contributed by atoms with Crippen molar-refractivity contribution < 1.29 is 9.47 Å². The Bertz CT molecular complexity index is 799. The lowest BCUT2D eigenvalue weighted by molar-refractivity contribution is 0.0179. The van der Waals surface area contributed by atoms with Gasteiger partial charge < -0.3 is 20.1 Å². The molecule has 1 saturated heterocycles. The van der Waals surface area contributed by atoms with Gasteiger partial charge in [0.1, 0.15) is 5.75 Å². The molecule has 1 aromatic carbocycles. The van der Waals surface area contributed by atoms with E-state index in [1.54, 1.807) is 7.11 Å². The van der Waals surface area contributed by atoms with E-state index in [0.29, 0.717) is 6.54 Å². The molecule has 3 rings (SSSR count). The number of hydrogen-bond acceptors (Lipinski definition) is 5. The first-order chi connectivity index (χ1) is 15.2. The summed E-state index contributed by atoms with van der Waals surface area (Å²) in [5.74, 6) is 1.72. The van der Waals surface area contributed by atoms with Crippen molar-refractivity contribution in [3.8, 4) is 5.75 Å². The Morgan fingerprint density at radius 2 is 2.00 bits per heavy atom. The Balaban J connectivity index is 1.61. The number of methoxy groups -OCH3 is 1. The van der Waals surface area contributed by atoms with Gasteiger partial charge in [-0.25, -0.2) is 0 Å². The van der Waals surface area contributed by atoms with Gasteiger partial charge in [-0.05, 0) is 43.5 Å². The predicted octanol–water partition coefficient (Wildman–Crippen LogP) is 2.22. The first-order valence-electron chi connectivity index (χ1n) is 11.2.